The fourth-order valence-corrected chi connectivity index (χ4v) is 1.80. The molecule has 0 bridgehead atoms. The summed E-state index contributed by atoms with van der Waals surface area (Å²) in [5, 5.41) is 6.48. The third-order valence-corrected chi connectivity index (χ3v) is 2.99. The Morgan fingerprint density at radius 1 is 1.08 bits per heavy atom. The van der Waals surface area contributed by atoms with Crippen LogP contribution in [0.1, 0.15) is 5.56 Å². The van der Waals surface area contributed by atoms with E-state index in [1.165, 1.54) is 6.21 Å². The minimum Gasteiger partial charge on any atom is -0.497 e. The maximum absolute atomic E-state index is 11.7. The molecule has 0 aromatic heterocycles. The maximum atomic E-state index is 11.7. The molecule has 0 aliphatic heterocycles. The fourth-order valence-electron chi connectivity index (χ4n) is 1.80. The van der Waals surface area contributed by atoms with Crippen molar-refractivity contribution in [1.29, 1.82) is 0 Å². The van der Waals surface area contributed by atoms with Gasteiger partial charge in [-0.05, 0) is 54.1 Å². The number of anilines is 1. The van der Waals surface area contributed by atoms with Crippen molar-refractivity contribution < 1.29 is 19.1 Å². The number of urea groups is 1. The molecule has 2 aromatic rings. The Bertz CT molecular complexity index is 742. The molecule has 0 atom stereocenters. The Hall–Kier alpha value is -3.55. The zero-order valence-electron chi connectivity index (χ0n) is 13.6. The molecule has 25 heavy (non-hydrogen) atoms. The number of nitrogens with zero attached hydrogens (tertiary/aromatic N) is 1. The van der Waals surface area contributed by atoms with Gasteiger partial charge in [-0.2, -0.15) is 5.10 Å². The SMILES string of the molecule is COc1ccc(NC(=O)N/N=C/c2ccc(OCC(N)=O)cc2)cc1. The van der Waals surface area contributed by atoms with E-state index >= 15 is 0 Å². The highest BCUT2D eigenvalue weighted by Gasteiger charge is 2.00. The van der Waals surface area contributed by atoms with Gasteiger partial charge in [0.1, 0.15) is 11.5 Å². The van der Waals surface area contributed by atoms with Crippen molar-refractivity contribution in [2.45, 2.75) is 0 Å². The summed E-state index contributed by atoms with van der Waals surface area (Å²) in [6.45, 7) is -0.180. The van der Waals surface area contributed by atoms with E-state index in [2.05, 4.69) is 15.8 Å². The standard InChI is InChI=1S/C17H18N4O4/c1-24-14-8-4-13(5-9-14)20-17(23)21-19-10-12-2-6-15(7-3-12)25-11-16(18)22/h2-10H,11H2,1H3,(H2,18,22)(H2,20,21,23)/b19-10+. The lowest BCUT2D eigenvalue weighted by Gasteiger charge is -2.05. The molecule has 0 unspecified atom stereocenters. The molecule has 8 nitrogen and oxygen atoms in total. The molecule has 0 saturated heterocycles. The second-order valence-corrected chi connectivity index (χ2v) is 4.88. The lowest BCUT2D eigenvalue weighted by Crippen LogP contribution is -2.24. The number of methoxy groups -OCH3 is 1. The maximum Gasteiger partial charge on any atom is 0.339 e. The van der Waals surface area contributed by atoms with E-state index in [-0.39, 0.29) is 6.61 Å². The molecule has 4 N–H and O–H groups in total. The average Bonchev–Trinajstić information content (AvgIpc) is 2.61. The zero-order chi connectivity index (χ0) is 18.1. The van der Waals surface area contributed by atoms with Crippen LogP contribution in [0.25, 0.3) is 0 Å². The number of hydrogen-bond acceptors (Lipinski definition) is 5. The van der Waals surface area contributed by atoms with Crippen molar-refractivity contribution in [1.82, 2.24) is 5.43 Å². The van der Waals surface area contributed by atoms with Gasteiger partial charge in [0.15, 0.2) is 6.61 Å². The number of benzene rings is 2. The highest BCUT2D eigenvalue weighted by molar-refractivity contribution is 5.90. The number of primary amides is 1. The smallest absolute Gasteiger partial charge is 0.339 e. The van der Waals surface area contributed by atoms with E-state index in [9.17, 15) is 9.59 Å². The van der Waals surface area contributed by atoms with Crippen LogP contribution in [0.5, 0.6) is 11.5 Å². The van der Waals surface area contributed by atoms with Gasteiger partial charge in [0.05, 0.1) is 13.3 Å². The van der Waals surface area contributed by atoms with Crippen molar-refractivity contribution in [2.24, 2.45) is 10.8 Å². The van der Waals surface area contributed by atoms with Crippen LogP contribution >= 0.6 is 0 Å². The number of carbonyl (C=O) groups excluding carboxylic acids is 2. The van der Waals surface area contributed by atoms with E-state index in [1.807, 2.05) is 0 Å². The number of hydrogen-bond donors (Lipinski definition) is 3. The van der Waals surface area contributed by atoms with E-state index in [4.69, 9.17) is 15.2 Å². The van der Waals surface area contributed by atoms with Gasteiger partial charge in [-0.15, -0.1) is 0 Å². The number of hydrazone groups is 1. The molecule has 0 saturated carbocycles. The van der Waals surface area contributed by atoms with Crippen LogP contribution in [0.4, 0.5) is 10.5 Å². The van der Waals surface area contributed by atoms with Crippen LogP contribution in [0.2, 0.25) is 0 Å². The topological polar surface area (TPSA) is 115 Å². The summed E-state index contributed by atoms with van der Waals surface area (Å²) in [5.74, 6) is 0.672. The van der Waals surface area contributed by atoms with Crippen molar-refractivity contribution in [3.63, 3.8) is 0 Å². The molecule has 0 fully saturated rings. The molecule has 0 spiro atoms. The van der Waals surface area contributed by atoms with Crippen molar-refractivity contribution in [3.05, 3.63) is 54.1 Å². The van der Waals surface area contributed by atoms with Gasteiger partial charge < -0.3 is 20.5 Å². The van der Waals surface area contributed by atoms with Gasteiger partial charge in [0.2, 0.25) is 0 Å². The highest BCUT2D eigenvalue weighted by Crippen LogP contribution is 2.14. The summed E-state index contributed by atoms with van der Waals surface area (Å²) in [4.78, 5) is 22.4. The molecule has 0 heterocycles. The Balaban J connectivity index is 1.81. The summed E-state index contributed by atoms with van der Waals surface area (Å²) < 4.78 is 10.2. The minimum atomic E-state index is -0.544. The third-order valence-electron chi connectivity index (χ3n) is 2.99. The fraction of sp³-hybridized carbons (Fsp3) is 0.118. The normalized spacial score (nSPS) is 10.3. The number of amides is 3. The Morgan fingerprint density at radius 2 is 1.72 bits per heavy atom. The van der Waals surface area contributed by atoms with Crippen molar-refractivity contribution in [3.8, 4) is 11.5 Å². The summed E-state index contributed by atoms with van der Waals surface area (Å²) in [5.41, 5.74) is 8.72. The second kappa shape index (κ2) is 8.92. The summed E-state index contributed by atoms with van der Waals surface area (Å²) in [6.07, 6.45) is 1.48. The van der Waals surface area contributed by atoms with Crippen molar-refractivity contribution in [2.75, 3.05) is 19.0 Å². The van der Waals surface area contributed by atoms with E-state index in [1.54, 1.807) is 55.6 Å². The highest BCUT2D eigenvalue weighted by atomic mass is 16.5. The van der Waals surface area contributed by atoms with Crippen molar-refractivity contribution >= 4 is 23.8 Å². The first-order chi connectivity index (χ1) is 12.1. The Labute approximate surface area is 144 Å². The molecule has 2 rings (SSSR count). The van der Waals surface area contributed by atoms with Crippen LogP contribution in [0.15, 0.2) is 53.6 Å². The van der Waals surface area contributed by atoms with Crippen LogP contribution in [0, 0.1) is 0 Å². The number of carbonyl (C=O) groups is 2. The third kappa shape index (κ3) is 6.22. The molecule has 130 valence electrons. The average molecular weight is 342 g/mol. The molecular weight excluding hydrogens is 324 g/mol. The summed E-state index contributed by atoms with van der Waals surface area (Å²) in [7, 11) is 1.57. The quantitative estimate of drug-likeness (QED) is 0.525. The van der Waals surface area contributed by atoms with Gasteiger partial charge in [0, 0.05) is 5.69 Å². The summed E-state index contributed by atoms with van der Waals surface area (Å²) in [6, 6.07) is 13.2. The molecule has 2 aromatic carbocycles. The van der Waals surface area contributed by atoms with E-state index < -0.39 is 11.9 Å². The number of nitrogens with one attached hydrogen (secondary N) is 2. The van der Waals surface area contributed by atoms with Crippen LogP contribution in [-0.4, -0.2) is 31.9 Å². The first kappa shape index (κ1) is 17.8. The van der Waals surface area contributed by atoms with Gasteiger partial charge in [-0.3, -0.25) is 4.79 Å². The minimum absolute atomic E-state index is 0.180. The molecule has 0 aliphatic carbocycles. The Kier molecular flexibility index (Phi) is 6.35. The molecule has 8 heteroatoms. The lowest BCUT2D eigenvalue weighted by atomic mass is 10.2. The van der Waals surface area contributed by atoms with Gasteiger partial charge in [-0.25, -0.2) is 10.2 Å². The van der Waals surface area contributed by atoms with E-state index in [0.29, 0.717) is 17.2 Å². The van der Waals surface area contributed by atoms with Gasteiger partial charge >= 0.3 is 6.03 Å². The largest absolute Gasteiger partial charge is 0.497 e. The predicted octanol–water partition coefficient (Wildman–Crippen LogP) is 1.71. The first-order valence-electron chi connectivity index (χ1n) is 7.32. The van der Waals surface area contributed by atoms with E-state index in [0.717, 1.165) is 5.56 Å². The van der Waals surface area contributed by atoms with Gasteiger partial charge in [-0.1, -0.05) is 0 Å². The second-order valence-electron chi connectivity index (χ2n) is 4.88. The van der Waals surface area contributed by atoms with Crippen LogP contribution in [0.3, 0.4) is 0 Å². The zero-order valence-corrected chi connectivity index (χ0v) is 13.6. The Morgan fingerprint density at radius 3 is 2.32 bits per heavy atom. The van der Waals surface area contributed by atoms with Gasteiger partial charge in [0.25, 0.3) is 5.91 Å². The van der Waals surface area contributed by atoms with Crippen LogP contribution in [-0.2, 0) is 4.79 Å². The number of ether oxygens (including phenoxy) is 2. The monoisotopic (exact) mass is 342 g/mol. The predicted molar refractivity (Wildman–Crippen MR) is 93.9 cm³/mol. The summed E-state index contributed by atoms with van der Waals surface area (Å²) >= 11 is 0. The molecule has 3 amide bonds. The number of rotatable bonds is 7. The number of nitrogens with two attached hydrogens (primary N) is 1. The molecule has 0 radical (unpaired) electrons. The first-order valence-corrected chi connectivity index (χ1v) is 7.32. The molecule has 0 aliphatic rings. The molecular formula is C17H18N4O4. The lowest BCUT2D eigenvalue weighted by molar-refractivity contribution is -0.119. The van der Waals surface area contributed by atoms with Crippen LogP contribution < -0.4 is 25.9 Å².